The zero-order chi connectivity index (χ0) is 20.7. The molecule has 1 aliphatic rings. The fourth-order valence-corrected chi connectivity index (χ4v) is 5.43. The van der Waals surface area contributed by atoms with Crippen LogP contribution >= 0.6 is 11.6 Å². The van der Waals surface area contributed by atoms with Crippen LogP contribution < -0.4 is 0 Å². The maximum Gasteiger partial charge on any atom is 0.123 e. The van der Waals surface area contributed by atoms with Crippen LogP contribution in [0.4, 0.5) is 4.39 Å². The first-order chi connectivity index (χ1) is 14.6. The number of H-pyrrole nitrogens is 1. The van der Waals surface area contributed by atoms with Crippen LogP contribution in [0, 0.1) is 11.7 Å². The van der Waals surface area contributed by atoms with E-state index in [2.05, 4.69) is 23.0 Å². The lowest BCUT2D eigenvalue weighted by molar-refractivity contribution is 0.272. The number of halogens is 2. The summed E-state index contributed by atoms with van der Waals surface area (Å²) in [7, 11) is 0. The summed E-state index contributed by atoms with van der Waals surface area (Å²) >= 11 is 6.14. The summed E-state index contributed by atoms with van der Waals surface area (Å²) in [4.78, 5) is 12.8. The van der Waals surface area contributed by atoms with Crippen LogP contribution in [0.15, 0.2) is 48.7 Å². The van der Waals surface area contributed by atoms with E-state index in [0.717, 1.165) is 64.9 Å². The predicted octanol–water partition coefficient (Wildman–Crippen LogP) is 7.37. The monoisotopic (exact) mass is 421 g/mol. The topological polar surface area (TPSA) is 41.6 Å². The van der Waals surface area contributed by atoms with Crippen molar-refractivity contribution in [1.29, 1.82) is 0 Å². The first kappa shape index (κ1) is 19.5. The number of aromatic amines is 1. The van der Waals surface area contributed by atoms with Crippen LogP contribution in [0.25, 0.3) is 21.9 Å². The third kappa shape index (κ3) is 3.58. The Morgan fingerprint density at radius 3 is 2.67 bits per heavy atom. The van der Waals surface area contributed by atoms with Crippen molar-refractivity contribution in [2.75, 3.05) is 0 Å². The first-order valence-corrected chi connectivity index (χ1v) is 11.2. The Morgan fingerprint density at radius 2 is 1.87 bits per heavy atom. The normalized spacial score (nSPS) is 20.6. The lowest BCUT2D eigenvalue weighted by atomic mass is 9.72. The van der Waals surface area contributed by atoms with Gasteiger partial charge >= 0.3 is 0 Å². The zero-order valence-corrected chi connectivity index (χ0v) is 17.8. The molecular formula is C25H25ClFN3. The minimum absolute atomic E-state index is 0.193. The number of hydrogen-bond acceptors (Lipinski definition) is 2. The molecule has 1 saturated carbocycles. The first-order valence-electron chi connectivity index (χ1n) is 10.8. The van der Waals surface area contributed by atoms with Crippen molar-refractivity contribution in [1.82, 2.24) is 15.0 Å². The number of pyridine rings is 1. The summed E-state index contributed by atoms with van der Waals surface area (Å²) in [6.45, 7) is 2.25. The molecule has 0 spiro atoms. The van der Waals surface area contributed by atoms with Gasteiger partial charge in [-0.3, -0.25) is 4.98 Å². The average molecular weight is 422 g/mol. The van der Waals surface area contributed by atoms with Crippen molar-refractivity contribution in [2.45, 2.75) is 50.9 Å². The second kappa shape index (κ2) is 7.99. The van der Waals surface area contributed by atoms with Crippen LogP contribution in [0.5, 0.6) is 0 Å². The van der Waals surface area contributed by atoms with E-state index < -0.39 is 0 Å². The minimum atomic E-state index is -0.193. The van der Waals surface area contributed by atoms with E-state index in [1.54, 1.807) is 12.1 Å². The molecule has 2 aromatic carbocycles. The highest BCUT2D eigenvalue weighted by Gasteiger charge is 2.30. The van der Waals surface area contributed by atoms with Crippen molar-refractivity contribution in [3.8, 4) is 0 Å². The molecule has 0 amide bonds. The van der Waals surface area contributed by atoms with Crippen LogP contribution in [0.2, 0.25) is 5.02 Å². The lowest BCUT2D eigenvalue weighted by Crippen LogP contribution is -2.20. The summed E-state index contributed by atoms with van der Waals surface area (Å²) in [6.07, 6.45) is 7.45. The minimum Gasteiger partial charge on any atom is -0.342 e. The quantitative estimate of drug-likeness (QED) is 0.373. The van der Waals surface area contributed by atoms with E-state index in [0.29, 0.717) is 17.8 Å². The van der Waals surface area contributed by atoms with E-state index in [4.69, 9.17) is 16.6 Å². The van der Waals surface area contributed by atoms with Crippen molar-refractivity contribution >= 4 is 33.5 Å². The van der Waals surface area contributed by atoms with Gasteiger partial charge in [-0.15, -0.1) is 0 Å². The summed E-state index contributed by atoms with van der Waals surface area (Å²) in [6, 6.07) is 12.8. The maximum atomic E-state index is 13.9. The van der Waals surface area contributed by atoms with Gasteiger partial charge in [-0.2, -0.15) is 0 Å². The highest BCUT2D eigenvalue weighted by atomic mass is 35.5. The standard InChI is InChI=1S/C25H25ClFN3/c1-2-19(25-29-23-9-7-17(26)13-24(23)30-25)15-3-5-16(6-4-15)20-11-12-28-22-10-8-18(27)14-21(20)22/h7-16,19H,2-6H2,1H3,(H,29,30)/t15-,16+,19-/m1/s1. The molecule has 0 unspecified atom stereocenters. The summed E-state index contributed by atoms with van der Waals surface area (Å²) in [5, 5.41) is 1.69. The molecule has 3 nitrogen and oxygen atoms in total. The van der Waals surface area contributed by atoms with Gasteiger partial charge in [0.05, 0.1) is 16.6 Å². The zero-order valence-electron chi connectivity index (χ0n) is 17.0. The van der Waals surface area contributed by atoms with E-state index >= 15 is 0 Å². The molecule has 2 aromatic heterocycles. The summed E-state index contributed by atoms with van der Waals surface area (Å²) in [5.41, 5.74) is 4.11. The van der Waals surface area contributed by atoms with Crippen molar-refractivity contribution < 1.29 is 4.39 Å². The van der Waals surface area contributed by atoms with E-state index in [1.807, 2.05) is 24.4 Å². The van der Waals surface area contributed by atoms with E-state index in [1.165, 1.54) is 11.6 Å². The Hall–Kier alpha value is -2.46. The van der Waals surface area contributed by atoms with Gasteiger partial charge in [0.2, 0.25) is 0 Å². The molecule has 5 heteroatoms. The Kier molecular flexibility index (Phi) is 5.20. The fourth-order valence-electron chi connectivity index (χ4n) is 5.26. The molecule has 1 N–H and O–H groups in total. The van der Waals surface area contributed by atoms with Gasteiger partial charge in [0.15, 0.2) is 0 Å². The summed E-state index contributed by atoms with van der Waals surface area (Å²) < 4.78 is 13.9. The van der Waals surface area contributed by atoms with Gasteiger partial charge in [0.25, 0.3) is 0 Å². The van der Waals surface area contributed by atoms with Crippen LogP contribution in [-0.4, -0.2) is 15.0 Å². The highest BCUT2D eigenvalue weighted by molar-refractivity contribution is 6.31. The van der Waals surface area contributed by atoms with Gasteiger partial charge in [-0.25, -0.2) is 9.37 Å². The van der Waals surface area contributed by atoms with Gasteiger partial charge in [-0.1, -0.05) is 18.5 Å². The predicted molar refractivity (Wildman–Crippen MR) is 121 cm³/mol. The van der Waals surface area contributed by atoms with E-state index in [9.17, 15) is 4.39 Å². The number of aromatic nitrogens is 3. The molecular weight excluding hydrogens is 397 g/mol. The van der Waals surface area contributed by atoms with Gasteiger partial charge in [0.1, 0.15) is 11.6 Å². The summed E-state index contributed by atoms with van der Waals surface area (Å²) in [5.74, 6) is 2.37. The van der Waals surface area contributed by atoms with Crippen molar-refractivity contribution in [2.24, 2.45) is 5.92 Å². The van der Waals surface area contributed by atoms with Crippen LogP contribution in [0.1, 0.15) is 62.3 Å². The molecule has 0 bridgehead atoms. The second-order valence-corrected chi connectivity index (χ2v) is 8.91. The number of hydrogen-bond donors (Lipinski definition) is 1. The molecule has 2 heterocycles. The number of imidazole rings is 1. The van der Waals surface area contributed by atoms with Gasteiger partial charge in [0, 0.05) is 22.5 Å². The molecule has 4 aromatic rings. The molecule has 1 aliphatic carbocycles. The van der Waals surface area contributed by atoms with Crippen molar-refractivity contribution in [3.63, 3.8) is 0 Å². The number of benzene rings is 2. The Bertz CT molecular complexity index is 1190. The SMILES string of the molecule is CC[C@@H](c1nc2ccc(Cl)cc2[nH]1)[C@H]1CC[C@@H](c2ccnc3ccc(F)cc32)CC1. The average Bonchev–Trinajstić information content (AvgIpc) is 3.17. The van der Waals surface area contributed by atoms with Crippen LogP contribution in [-0.2, 0) is 0 Å². The Balaban J connectivity index is 1.36. The fraction of sp³-hybridized carbons (Fsp3) is 0.360. The molecule has 154 valence electrons. The smallest absolute Gasteiger partial charge is 0.123 e. The Labute approximate surface area is 180 Å². The number of fused-ring (bicyclic) bond motifs is 2. The lowest BCUT2D eigenvalue weighted by Gasteiger charge is -2.33. The molecule has 1 atom stereocenters. The number of rotatable bonds is 4. The van der Waals surface area contributed by atoms with Gasteiger partial charge < -0.3 is 4.98 Å². The molecule has 1 fully saturated rings. The third-order valence-corrected chi connectivity index (χ3v) is 7.01. The number of nitrogens with one attached hydrogen (secondary N) is 1. The molecule has 0 aliphatic heterocycles. The molecule has 30 heavy (non-hydrogen) atoms. The van der Waals surface area contributed by atoms with E-state index in [-0.39, 0.29) is 5.82 Å². The molecule has 0 saturated heterocycles. The molecule has 5 rings (SSSR count). The van der Waals surface area contributed by atoms with Gasteiger partial charge in [-0.05, 0) is 92.0 Å². The largest absolute Gasteiger partial charge is 0.342 e. The third-order valence-electron chi connectivity index (χ3n) is 6.77. The molecule has 0 radical (unpaired) electrons. The second-order valence-electron chi connectivity index (χ2n) is 8.47. The number of nitrogens with zero attached hydrogens (tertiary/aromatic N) is 2. The van der Waals surface area contributed by atoms with Crippen molar-refractivity contribution in [3.05, 3.63) is 70.9 Å². The highest BCUT2D eigenvalue weighted by Crippen LogP contribution is 2.44. The Morgan fingerprint density at radius 1 is 1.07 bits per heavy atom. The maximum absolute atomic E-state index is 13.9. The van der Waals surface area contributed by atoms with Crippen LogP contribution in [0.3, 0.4) is 0 Å².